The van der Waals surface area contributed by atoms with Crippen molar-refractivity contribution in [2.75, 3.05) is 6.61 Å². The Balaban J connectivity index is 1.79. The van der Waals surface area contributed by atoms with Gasteiger partial charge in [0.1, 0.15) is 6.04 Å². The van der Waals surface area contributed by atoms with Crippen LogP contribution < -0.4 is 5.32 Å². The minimum atomic E-state index is -0.558. The average molecular weight is 275 g/mol. The molecule has 0 unspecified atom stereocenters. The van der Waals surface area contributed by atoms with E-state index in [1.807, 2.05) is 19.1 Å². The standard InChI is InChI=1S/C15H17NO4/c1-10-2-4-11(5-3-10)13(17)6-7-14(18)16-12-8-9-20-15(12)19/h2-5,12H,6-9H2,1H3,(H,16,18)/t12-/m0/s1. The molecule has 5 heteroatoms. The molecule has 0 aliphatic carbocycles. The first-order chi connectivity index (χ1) is 9.56. The third-order valence-electron chi connectivity index (χ3n) is 3.22. The van der Waals surface area contributed by atoms with Gasteiger partial charge in [0.2, 0.25) is 5.91 Å². The number of carbonyl (C=O) groups is 3. The van der Waals surface area contributed by atoms with Gasteiger partial charge in [-0.2, -0.15) is 0 Å². The Kier molecular flexibility index (Phi) is 4.50. The number of nitrogens with one attached hydrogen (secondary N) is 1. The van der Waals surface area contributed by atoms with Gasteiger partial charge < -0.3 is 10.1 Å². The molecule has 1 atom stereocenters. The second-order valence-corrected chi connectivity index (χ2v) is 4.87. The summed E-state index contributed by atoms with van der Waals surface area (Å²) in [7, 11) is 0. The summed E-state index contributed by atoms with van der Waals surface area (Å²) in [5.74, 6) is -0.772. The molecule has 1 aliphatic heterocycles. The Labute approximate surface area is 117 Å². The zero-order valence-electron chi connectivity index (χ0n) is 11.3. The lowest BCUT2D eigenvalue weighted by atomic mass is 10.0. The third-order valence-corrected chi connectivity index (χ3v) is 3.22. The van der Waals surface area contributed by atoms with Crippen LogP contribution in [0.4, 0.5) is 0 Å². The fourth-order valence-corrected chi connectivity index (χ4v) is 2.00. The van der Waals surface area contributed by atoms with Crippen molar-refractivity contribution in [2.24, 2.45) is 0 Å². The van der Waals surface area contributed by atoms with Gasteiger partial charge in [-0.25, -0.2) is 4.79 Å². The molecule has 0 spiro atoms. The molecule has 1 fully saturated rings. The highest BCUT2D eigenvalue weighted by Gasteiger charge is 2.27. The number of hydrogen-bond donors (Lipinski definition) is 1. The minimum absolute atomic E-state index is 0.0749. The fourth-order valence-electron chi connectivity index (χ4n) is 2.00. The molecule has 2 rings (SSSR count). The Morgan fingerprint density at radius 1 is 1.25 bits per heavy atom. The van der Waals surface area contributed by atoms with E-state index in [1.54, 1.807) is 12.1 Å². The van der Waals surface area contributed by atoms with Crippen LogP contribution >= 0.6 is 0 Å². The predicted molar refractivity (Wildman–Crippen MR) is 72.3 cm³/mol. The van der Waals surface area contributed by atoms with Crippen molar-refractivity contribution >= 4 is 17.7 Å². The maximum Gasteiger partial charge on any atom is 0.328 e. The Bertz CT molecular complexity index is 521. The van der Waals surface area contributed by atoms with E-state index in [-0.39, 0.29) is 24.5 Å². The van der Waals surface area contributed by atoms with Gasteiger partial charge in [0, 0.05) is 24.8 Å². The summed E-state index contributed by atoms with van der Waals surface area (Å²) in [6, 6.07) is 6.68. The number of aryl methyl sites for hydroxylation is 1. The van der Waals surface area contributed by atoms with Crippen LogP contribution in [0.2, 0.25) is 0 Å². The van der Waals surface area contributed by atoms with E-state index in [2.05, 4.69) is 5.32 Å². The highest BCUT2D eigenvalue weighted by Crippen LogP contribution is 2.09. The predicted octanol–water partition coefficient (Wildman–Crippen LogP) is 1.39. The van der Waals surface area contributed by atoms with E-state index >= 15 is 0 Å². The maximum absolute atomic E-state index is 11.9. The lowest BCUT2D eigenvalue weighted by molar-refractivity contribution is -0.141. The van der Waals surface area contributed by atoms with Crippen molar-refractivity contribution in [3.05, 3.63) is 35.4 Å². The van der Waals surface area contributed by atoms with Crippen LogP contribution in [0.1, 0.15) is 35.2 Å². The van der Waals surface area contributed by atoms with Crippen molar-refractivity contribution in [1.82, 2.24) is 5.32 Å². The molecule has 1 heterocycles. The normalized spacial score (nSPS) is 17.6. The Morgan fingerprint density at radius 2 is 1.95 bits per heavy atom. The molecule has 5 nitrogen and oxygen atoms in total. The van der Waals surface area contributed by atoms with E-state index in [4.69, 9.17) is 4.74 Å². The summed E-state index contributed by atoms with van der Waals surface area (Å²) in [5.41, 5.74) is 1.68. The van der Waals surface area contributed by atoms with Crippen molar-refractivity contribution < 1.29 is 19.1 Å². The Morgan fingerprint density at radius 3 is 2.55 bits per heavy atom. The largest absolute Gasteiger partial charge is 0.464 e. The van der Waals surface area contributed by atoms with Gasteiger partial charge in [-0.05, 0) is 6.92 Å². The molecule has 1 aromatic carbocycles. The molecule has 1 N–H and O–H groups in total. The number of ether oxygens (including phenoxy) is 1. The summed E-state index contributed by atoms with van der Waals surface area (Å²) in [4.78, 5) is 34.8. The van der Waals surface area contributed by atoms with Crippen LogP contribution in [0.3, 0.4) is 0 Å². The molecule has 1 amide bonds. The van der Waals surface area contributed by atoms with E-state index < -0.39 is 12.0 Å². The third kappa shape index (κ3) is 3.66. The summed E-state index contributed by atoms with van der Waals surface area (Å²) in [5, 5.41) is 2.58. The molecule has 0 saturated carbocycles. The molecule has 0 aromatic heterocycles. The highest BCUT2D eigenvalue weighted by molar-refractivity contribution is 5.98. The first-order valence-corrected chi connectivity index (χ1v) is 6.62. The van der Waals surface area contributed by atoms with Crippen molar-refractivity contribution in [2.45, 2.75) is 32.2 Å². The summed E-state index contributed by atoms with van der Waals surface area (Å²) < 4.78 is 4.75. The number of esters is 1. The summed E-state index contributed by atoms with van der Waals surface area (Å²) in [6.07, 6.45) is 0.712. The van der Waals surface area contributed by atoms with Crippen LogP contribution in [-0.2, 0) is 14.3 Å². The van der Waals surface area contributed by atoms with E-state index in [1.165, 1.54) is 0 Å². The van der Waals surface area contributed by atoms with E-state index in [0.29, 0.717) is 18.6 Å². The van der Waals surface area contributed by atoms with E-state index in [9.17, 15) is 14.4 Å². The number of benzene rings is 1. The van der Waals surface area contributed by atoms with Gasteiger partial charge in [-0.1, -0.05) is 29.8 Å². The molecule has 1 aromatic rings. The molecular formula is C15H17NO4. The van der Waals surface area contributed by atoms with Crippen molar-refractivity contribution in [1.29, 1.82) is 0 Å². The molecular weight excluding hydrogens is 258 g/mol. The lowest BCUT2D eigenvalue weighted by Gasteiger charge is -2.08. The number of ketones is 1. The summed E-state index contributed by atoms with van der Waals surface area (Å²) in [6.45, 7) is 2.29. The SMILES string of the molecule is Cc1ccc(C(=O)CCC(=O)N[C@H]2CCOC2=O)cc1. The number of rotatable bonds is 5. The van der Waals surface area contributed by atoms with Crippen LogP contribution in [0.5, 0.6) is 0 Å². The Hall–Kier alpha value is -2.17. The zero-order chi connectivity index (χ0) is 14.5. The van der Waals surface area contributed by atoms with E-state index in [0.717, 1.165) is 5.56 Å². The minimum Gasteiger partial charge on any atom is -0.464 e. The highest BCUT2D eigenvalue weighted by atomic mass is 16.5. The van der Waals surface area contributed by atoms with Crippen LogP contribution in [0.25, 0.3) is 0 Å². The summed E-state index contributed by atoms with van der Waals surface area (Å²) >= 11 is 0. The van der Waals surface area contributed by atoms with Crippen molar-refractivity contribution in [3.63, 3.8) is 0 Å². The molecule has 1 aliphatic rings. The fraction of sp³-hybridized carbons (Fsp3) is 0.400. The zero-order valence-corrected chi connectivity index (χ0v) is 11.3. The maximum atomic E-state index is 11.9. The van der Waals surface area contributed by atoms with Crippen molar-refractivity contribution in [3.8, 4) is 0 Å². The molecule has 1 saturated heterocycles. The smallest absolute Gasteiger partial charge is 0.328 e. The lowest BCUT2D eigenvalue weighted by Crippen LogP contribution is -2.37. The molecule has 0 bridgehead atoms. The number of Topliss-reactive ketones (excluding diaryl/α,β-unsaturated/α-hetero) is 1. The first-order valence-electron chi connectivity index (χ1n) is 6.62. The molecule has 0 radical (unpaired) electrons. The molecule has 20 heavy (non-hydrogen) atoms. The second kappa shape index (κ2) is 6.32. The first kappa shape index (κ1) is 14.2. The quantitative estimate of drug-likeness (QED) is 0.651. The second-order valence-electron chi connectivity index (χ2n) is 4.87. The van der Waals surface area contributed by atoms with Gasteiger partial charge in [0.15, 0.2) is 5.78 Å². The van der Waals surface area contributed by atoms with Gasteiger partial charge in [-0.3, -0.25) is 9.59 Å². The van der Waals surface area contributed by atoms with Crippen LogP contribution in [-0.4, -0.2) is 30.3 Å². The van der Waals surface area contributed by atoms with Gasteiger partial charge >= 0.3 is 5.97 Å². The molecule has 106 valence electrons. The average Bonchev–Trinajstić information content (AvgIpc) is 2.82. The number of hydrogen-bond acceptors (Lipinski definition) is 4. The monoisotopic (exact) mass is 275 g/mol. The van der Waals surface area contributed by atoms with Crippen LogP contribution in [0, 0.1) is 6.92 Å². The number of carbonyl (C=O) groups excluding carboxylic acids is 3. The number of cyclic esters (lactones) is 1. The van der Waals surface area contributed by atoms with Gasteiger partial charge in [0.25, 0.3) is 0 Å². The topological polar surface area (TPSA) is 72.5 Å². The van der Waals surface area contributed by atoms with Crippen LogP contribution in [0.15, 0.2) is 24.3 Å². The number of amides is 1. The van der Waals surface area contributed by atoms with Gasteiger partial charge in [-0.15, -0.1) is 0 Å². The van der Waals surface area contributed by atoms with Gasteiger partial charge in [0.05, 0.1) is 6.61 Å².